The maximum absolute atomic E-state index is 13.9. The third-order valence-corrected chi connectivity index (χ3v) is 7.25. The van der Waals surface area contributed by atoms with Crippen molar-refractivity contribution in [1.82, 2.24) is 14.5 Å². The number of hydrogen-bond acceptors (Lipinski definition) is 5. The highest BCUT2D eigenvalue weighted by Gasteiger charge is 2.59. The smallest absolute Gasteiger partial charge is 0.410 e. The number of hydrogen-bond donors (Lipinski definition) is 1. The van der Waals surface area contributed by atoms with Crippen LogP contribution in [0.25, 0.3) is 11.0 Å². The second-order valence-electron chi connectivity index (χ2n) is 9.52. The molecule has 3 aromatic rings. The number of rotatable bonds is 7. The molecule has 1 aromatic heterocycles. The number of carbonyl (C=O) groups is 2. The van der Waals surface area contributed by atoms with E-state index in [-0.39, 0.29) is 24.7 Å². The molecule has 2 amide bonds. The molecule has 1 N–H and O–H groups in total. The summed E-state index contributed by atoms with van der Waals surface area (Å²) in [6.07, 6.45) is 0.922. The lowest BCUT2D eigenvalue weighted by molar-refractivity contribution is -0.128. The molecule has 2 aliphatic heterocycles. The first-order valence-corrected chi connectivity index (χ1v) is 12.8. The highest BCUT2D eigenvalue weighted by molar-refractivity contribution is 9.10. The lowest BCUT2D eigenvalue weighted by Crippen LogP contribution is -2.65. The lowest BCUT2D eigenvalue weighted by Gasteiger charge is -2.46. The number of aliphatic hydroxyl groups excluding tert-OH is 1. The third kappa shape index (κ3) is 4.10. The van der Waals surface area contributed by atoms with E-state index < -0.39 is 5.41 Å². The first-order chi connectivity index (χ1) is 16.8. The summed E-state index contributed by atoms with van der Waals surface area (Å²) in [7, 11) is 0. The Morgan fingerprint density at radius 2 is 1.97 bits per heavy atom. The summed E-state index contributed by atoms with van der Waals surface area (Å²) in [5, 5.41) is 9.27. The van der Waals surface area contributed by atoms with Gasteiger partial charge in [0.05, 0.1) is 23.7 Å². The standard InChI is InChI=1S/C26H29BrN4O4/c1-17(2)35-25(34)29-15-26(16-29)19-7-3-4-8-21(19)31(24(26)33)14-23-28-20-13-18(27)9-10-22(20)30(23)11-5-6-12-32/h3-4,7-10,13,17,32H,5-6,11-12,14-16H2,1-2H3. The number of benzene rings is 2. The average Bonchev–Trinajstić information content (AvgIpc) is 3.24. The second kappa shape index (κ2) is 9.28. The molecule has 9 heteroatoms. The number of ether oxygens (including phenoxy) is 1. The normalized spacial score (nSPS) is 16.3. The summed E-state index contributed by atoms with van der Waals surface area (Å²) >= 11 is 3.52. The first-order valence-electron chi connectivity index (χ1n) is 12.0. The third-order valence-electron chi connectivity index (χ3n) is 6.76. The minimum absolute atomic E-state index is 0.0116. The fourth-order valence-electron chi connectivity index (χ4n) is 5.12. The number of fused-ring (bicyclic) bond motifs is 3. The first kappa shape index (κ1) is 23.8. The molecule has 2 aromatic carbocycles. The molecule has 0 atom stereocenters. The molecule has 1 fully saturated rings. The topological polar surface area (TPSA) is 87.9 Å². The van der Waals surface area contributed by atoms with Crippen LogP contribution in [0.15, 0.2) is 46.9 Å². The second-order valence-corrected chi connectivity index (χ2v) is 10.4. The summed E-state index contributed by atoms with van der Waals surface area (Å²) in [5.41, 5.74) is 2.93. The van der Waals surface area contributed by atoms with E-state index in [2.05, 4.69) is 20.5 Å². The number of carbonyl (C=O) groups excluding carboxylic acids is 2. The zero-order valence-electron chi connectivity index (χ0n) is 19.9. The largest absolute Gasteiger partial charge is 0.447 e. The lowest BCUT2D eigenvalue weighted by atomic mass is 9.75. The van der Waals surface area contributed by atoms with Crippen LogP contribution in [-0.4, -0.2) is 57.4 Å². The van der Waals surface area contributed by atoms with E-state index in [0.717, 1.165) is 39.0 Å². The number of halogens is 1. The van der Waals surface area contributed by atoms with Crippen molar-refractivity contribution in [3.05, 3.63) is 58.3 Å². The number of nitrogens with zero attached hydrogens (tertiary/aromatic N) is 4. The van der Waals surface area contributed by atoms with Crippen LogP contribution in [-0.2, 0) is 28.0 Å². The number of imidazole rings is 1. The van der Waals surface area contributed by atoms with E-state index in [1.807, 2.05) is 56.3 Å². The summed E-state index contributed by atoms with van der Waals surface area (Å²) in [6.45, 7) is 5.43. The fraction of sp³-hybridized carbons (Fsp3) is 0.423. The van der Waals surface area contributed by atoms with Crippen molar-refractivity contribution < 1.29 is 19.4 Å². The van der Waals surface area contributed by atoms with Crippen molar-refractivity contribution in [3.63, 3.8) is 0 Å². The molecular formula is C26H29BrN4O4. The number of likely N-dealkylation sites (tertiary alicyclic amines) is 1. The summed E-state index contributed by atoms with van der Waals surface area (Å²) in [6, 6.07) is 13.8. The van der Waals surface area contributed by atoms with Crippen molar-refractivity contribution in [2.24, 2.45) is 0 Å². The summed E-state index contributed by atoms with van der Waals surface area (Å²) < 4.78 is 8.43. The Hall–Kier alpha value is -2.91. The van der Waals surface area contributed by atoms with Gasteiger partial charge in [0.25, 0.3) is 0 Å². The molecule has 5 rings (SSSR count). The molecule has 0 aliphatic carbocycles. The zero-order valence-corrected chi connectivity index (χ0v) is 21.5. The molecular weight excluding hydrogens is 512 g/mol. The van der Waals surface area contributed by atoms with Gasteiger partial charge in [0, 0.05) is 36.4 Å². The van der Waals surface area contributed by atoms with E-state index in [9.17, 15) is 14.7 Å². The van der Waals surface area contributed by atoms with Crippen molar-refractivity contribution >= 4 is 44.7 Å². The Kier molecular flexibility index (Phi) is 6.31. The Morgan fingerprint density at radius 3 is 2.71 bits per heavy atom. The van der Waals surface area contributed by atoms with Crippen LogP contribution in [0.5, 0.6) is 0 Å². The minimum atomic E-state index is -0.747. The van der Waals surface area contributed by atoms with Gasteiger partial charge in [-0.25, -0.2) is 9.78 Å². The van der Waals surface area contributed by atoms with E-state index >= 15 is 0 Å². The van der Waals surface area contributed by atoms with Gasteiger partial charge < -0.3 is 24.2 Å². The molecule has 35 heavy (non-hydrogen) atoms. The Morgan fingerprint density at radius 1 is 1.20 bits per heavy atom. The molecule has 1 saturated heterocycles. The summed E-state index contributed by atoms with van der Waals surface area (Å²) in [4.78, 5) is 34.6. The number of amides is 2. The quantitative estimate of drug-likeness (QED) is 0.453. The van der Waals surface area contributed by atoms with E-state index in [0.29, 0.717) is 32.6 Å². The van der Waals surface area contributed by atoms with E-state index in [1.54, 1.807) is 9.80 Å². The Bertz CT molecular complexity index is 1280. The summed E-state index contributed by atoms with van der Waals surface area (Å²) in [5.74, 6) is 0.786. The van der Waals surface area contributed by atoms with Crippen molar-refractivity contribution in [3.8, 4) is 0 Å². The van der Waals surface area contributed by atoms with Gasteiger partial charge in [-0.3, -0.25) is 4.79 Å². The molecule has 8 nitrogen and oxygen atoms in total. The molecule has 0 radical (unpaired) electrons. The average molecular weight is 541 g/mol. The van der Waals surface area contributed by atoms with Crippen molar-refractivity contribution in [2.75, 3.05) is 24.6 Å². The van der Waals surface area contributed by atoms with Crippen LogP contribution >= 0.6 is 15.9 Å². The van der Waals surface area contributed by atoms with Gasteiger partial charge in [-0.2, -0.15) is 0 Å². The maximum atomic E-state index is 13.9. The predicted molar refractivity (Wildman–Crippen MR) is 136 cm³/mol. The van der Waals surface area contributed by atoms with Crippen LogP contribution in [0.2, 0.25) is 0 Å². The molecule has 184 valence electrons. The van der Waals surface area contributed by atoms with Crippen LogP contribution in [0, 0.1) is 0 Å². The van der Waals surface area contributed by atoms with Gasteiger partial charge in [-0.1, -0.05) is 34.1 Å². The fourth-order valence-corrected chi connectivity index (χ4v) is 5.46. The van der Waals surface area contributed by atoms with Gasteiger partial charge in [0.1, 0.15) is 11.2 Å². The van der Waals surface area contributed by atoms with Crippen LogP contribution in [0.4, 0.5) is 10.5 Å². The predicted octanol–water partition coefficient (Wildman–Crippen LogP) is 4.22. The van der Waals surface area contributed by atoms with Gasteiger partial charge in [0.2, 0.25) is 5.91 Å². The molecule has 0 unspecified atom stereocenters. The number of anilines is 1. The number of aromatic nitrogens is 2. The number of para-hydroxylation sites is 1. The minimum Gasteiger partial charge on any atom is -0.447 e. The Labute approximate surface area is 212 Å². The Balaban J connectivity index is 1.46. The molecule has 2 aliphatic rings. The maximum Gasteiger partial charge on any atom is 0.410 e. The molecule has 0 bridgehead atoms. The van der Waals surface area contributed by atoms with Crippen molar-refractivity contribution in [2.45, 2.75) is 51.3 Å². The van der Waals surface area contributed by atoms with Gasteiger partial charge in [0.15, 0.2) is 0 Å². The zero-order chi connectivity index (χ0) is 24.7. The molecule has 1 spiro atoms. The van der Waals surface area contributed by atoms with Crippen LogP contribution < -0.4 is 4.90 Å². The van der Waals surface area contributed by atoms with E-state index in [1.165, 1.54) is 0 Å². The van der Waals surface area contributed by atoms with Gasteiger partial charge >= 0.3 is 6.09 Å². The SMILES string of the molecule is CC(C)OC(=O)N1CC2(C1)C(=O)N(Cc1nc3cc(Br)ccc3n1CCCCO)c1ccccc12. The number of aryl methyl sites for hydroxylation is 1. The van der Waals surface area contributed by atoms with Crippen molar-refractivity contribution in [1.29, 1.82) is 0 Å². The highest BCUT2D eigenvalue weighted by atomic mass is 79.9. The monoisotopic (exact) mass is 540 g/mol. The number of unbranched alkanes of at least 4 members (excludes halogenated alkanes) is 1. The molecule has 3 heterocycles. The molecule has 0 saturated carbocycles. The van der Waals surface area contributed by atoms with Gasteiger partial charge in [-0.05, 0) is 56.5 Å². The highest BCUT2D eigenvalue weighted by Crippen LogP contribution is 2.48. The van der Waals surface area contributed by atoms with E-state index in [4.69, 9.17) is 9.72 Å². The van der Waals surface area contributed by atoms with Crippen LogP contribution in [0.3, 0.4) is 0 Å². The van der Waals surface area contributed by atoms with Crippen LogP contribution in [0.1, 0.15) is 38.1 Å². The number of aliphatic hydroxyl groups is 1. The van der Waals surface area contributed by atoms with Gasteiger partial charge in [-0.15, -0.1) is 0 Å².